The van der Waals surface area contributed by atoms with Gasteiger partial charge in [0, 0.05) is 11.6 Å². The SMILES string of the molecule is CCOc1cccc2c1ccn2CC(=O)c1ccc(Cl)s1. The van der Waals surface area contributed by atoms with E-state index in [1.165, 1.54) is 11.3 Å². The van der Waals surface area contributed by atoms with Crippen LogP contribution in [0.25, 0.3) is 10.9 Å². The highest BCUT2D eigenvalue weighted by Gasteiger charge is 2.12. The Balaban J connectivity index is 1.91. The molecule has 3 nitrogen and oxygen atoms in total. The topological polar surface area (TPSA) is 31.2 Å². The molecule has 0 atom stereocenters. The average molecular weight is 320 g/mol. The largest absolute Gasteiger partial charge is 0.493 e. The fourth-order valence-electron chi connectivity index (χ4n) is 2.31. The summed E-state index contributed by atoms with van der Waals surface area (Å²) in [4.78, 5) is 13.0. The van der Waals surface area contributed by atoms with Gasteiger partial charge in [0.25, 0.3) is 0 Å². The number of ether oxygens (including phenoxy) is 1. The highest BCUT2D eigenvalue weighted by atomic mass is 35.5. The van der Waals surface area contributed by atoms with Gasteiger partial charge in [0.05, 0.1) is 27.9 Å². The number of carbonyl (C=O) groups is 1. The van der Waals surface area contributed by atoms with Crippen LogP contribution in [-0.2, 0) is 6.54 Å². The number of aromatic nitrogens is 1. The Labute approximate surface area is 131 Å². The van der Waals surface area contributed by atoms with Crippen molar-refractivity contribution in [1.82, 2.24) is 4.57 Å². The first kappa shape index (κ1) is 14.2. The third-order valence-corrected chi connectivity index (χ3v) is 4.51. The molecular weight excluding hydrogens is 306 g/mol. The number of benzene rings is 1. The first-order valence-electron chi connectivity index (χ1n) is 6.68. The minimum Gasteiger partial charge on any atom is -0.493 e. The van der Waals surface area contributed by atoms with E-state index >= 15 is 0 Å². The van der Waals surface area contributed by atoms with Gasteiger partial charge in [-0.1, -0.05) is 17.7 Å². The summed E-state index contributed by atoms with van der Waals surface area (Å²) in [6, 6.07) is 11.4. The normalized spacial score (nSPS) is 11.0. The Morgan fingerprint density at radius 2 is 2.14 bits per heavy atom. The zero-order chi connectivity index (χ0) is 14.8. The molecule has 0 aliphatic carbocycles. The van der Waals surface area contributed by atoms with Crippen LogP contribution in [0.4, 0.5) is 0 Å². The third kappa shape index (κ3) is 2.82. The zero-order valence-electron chi connectivity index (χ0n) is 11.5. The summed E-state index contributed by atoms with van der Waals surface area (Å²) in [5.41, 5.74) is 0.997. The quantitative estimate of drug-likeness (QED) is 0.642. The van der Waals surface area contributed by atoms with Gasteiger partial charge < -0.3 is 9.30 Å². The van der Waals surface area contributed by atoms with E-state index in [-0.39, 0.29) is 5.78 Å². The van der Waals surface area contributed by atoms with Crippen LogP contribution in [0.3, 0.4) is 0 Å². The average Bonchev–Trinajstić information content (AvgIpc) is 3.07. The van der Waals surface area contributed by atoms with Crippen molar-refractivity contribution < 1.29 is 9.53 Å². The Morgan fingerprint density at radius 1 is 1.29 bits per heavy atom. The van der Waals surface area contributed by atoms with Gasteiger partial charge in [0.2, 0.25) is 0 Å². The Morgan fingerprint density at radius 3 is 2.86 bits per heavy atom. The molecule has 2 heterocycles. The summed E-state index contributed by atoms with van der Waals surface area (Å²) in [5.74, 6) is 0.909. The van der Waals surface area contributed by atoms with Crippen LogP contribution in [0.1, 0.15) is 16.6 Å². The summed E-state index contributed by atoms with van der Waals surface area (Å²) >= 11 is 7.19. The Bertz CT molecular complexity index is 791. The van der Waals surface area contributed by atoms with E-state index < -0.39 is 0 Å². The van der Waals surface area contributed by atoms with Crippen LogP contribution >= 0.6 is 22.9 Å². The summed E-state index contributed by atoms with van der Waals surface area (Å²) in [7, 11) is 0. The number of rotatable bonds is 5. The molecule has 5 heteroatoms. The molecule has 3 aromatic rings. The van der Waals surface area contributed by atoms with Gasteiger partial charge >= 0.3 is 0 Å². The molecule has 0 aliphatic rings. The number of hydrogen-bond acceptors (Lipinski definition) is 3. The second-order valence-electron chi connectivity index (χ2n) is 4.59. The van der Waals surface area contributed by atoms with Crippen molar-refractivity contribution in [3.8, 4) is 5.75 Å². The number of ketones is 1. The van der Waals surface area contributed by atoms with Crippen molar-refractivity contribution in [3.63, 3.8) is 0 Å². The molecular formula is C16H14ClNO2S. The van der Waals surface area contributed by atoms with Gasteiger partial charge in [-0.2, -0.15) is 0 Å². The molecule has 2 aromatic heterocycles. The molecule has 0 amide bonds. The third-order valence-electron chi connectivity index (χ3n) is 3.24. The fourth-order valence-corrected chi connectivity index (χ4v) is 3.28. The van der Waals surface area contributed by atoms with Crippen molar-refractivity contribution in [2.45, 2.75) is 13.5 Å². The van der Waals surface area contributed by atoms with E-state index in [0.717, 1.165) is 16.7 Å². The maximum atomic E-state index is 12.3. The van der Waals surface area contributed by atoms with E-state index in [1.54, 1.807) is 12.1 Å². The molecule has 0 N–H and O–H groups in total. The lowest BCUT2D eigenvalue weighted by Crippen LogP contribution is -2.07. The zero-order valence-corrected chi connectivity index (χ0v) is 13.1. The summed E-state index contributed by atoms with van der Waals surface area (Å²) in [5, 5.41) is 1.02. The number of nitrogens with zero attached hydrogens (tertiary/aromatic N) is 1. The molecule has 108 valence electrons. The summed E-state index contributed by atoms with van der Waals surface area (Å²) in [6.07, 6.45) is 1.92. The van der Waals surface area contributed by atoms with Gasteiger partial charge in [-0.3, -0.25) is 4.79 Å². The lowest BCUT2D eigenvalue weighted by atomic mass is 10.2. The van der Waals surface area contributed by atoms with Crippen molar-refractivity contribution in [2.75, 3.05) is 6.61 Å². The minimum absolute atomic E-state index is 0.0613. The standard InChI is InChI=1S/C16H14ClNO2S/c1-2-20-14-5-3-4-12-11(14)8-9-18(12)10-13(19)15-6-7-16(17)21-15/h3-9H,2,10H2,1H3. The van der Waals surface area contributed by atoms with Crippen molar-refractivity contribution in [2.24, 2.45) is 0 Å². The molecule has 0 spiro atoms. The molecule has 0 radical (unpaired) electrons. The highest BCUT2D eigenvalue weighted by molar-refractivity contribution is 7.18. The lowest BCUT2D eigenvalue weighted by molar-refractivity contribution is 0.0977. The summed E-state index contributed by atoms with van der Waals surface area (Å²) in [6.45, 7) is 2.88. The molecule has 0 saturated carbocycles. The Hall–Kier alpha value is -1.78. The molecule has 3 rings (SSSR count). The smallest absolute Gasteiger partial charge is 0.192 e. The van der Waals surface area contributed by atoms with E-state index in [2.05, 4.69) is 0 Å². The van der Waals surface area contributed by atoms with E-state index in [4.69, 9.17) is 16.3 Å². The number of hydrogen-bond donors (Lipinski definition) is 0. The van der Waals surface area contributed by atoms with E-state index in [1.807, 2.05) is 42.0 Å². The molecule has 1 aromatic carbocycles. The monoisotopic (exact) mass is 319 g/mol. The van der Waals surface area contributed by atoms with E-state index in [0.29, 0.717) is 22.4 Å². The van der Waals surface area contributed by atoms with Gasteiger partial charge in [-0.05, 0) is 37.3 Å². The number of Topliss-reactive ketones (excluding diaryl/α,β-unsaturated/α-hetero) is 1. The minimum atomic E-state index is 0.0613. The molecule has 0 aliphatic heterocycles. The predicted molar refractivity (Wildman–Crippen MR) is 86.8 cm³/mol. The van der Waals surface area contributed by atoms with Crippen molar-refractivity contribution in [1.29, 1.82) is 0 Å². The van der Waals surface area contributed by atoms with Crippen LogP contribution in [0.5, 0.6) is 5.75 Å². The molecule has 0 fully saturated rings. The molecule has 0 saturated heterocycles. The van der Waals surface area contributed by atoms with Gasteiger partial charge in [0.1, 0.15) is 5.75 Å². The first-order chi connectivity index (χ1) is 10.2. The molecule has 0 unspecified atom stereocenters. The van der Waals surface area contributed by atoms with Crippen molar-refractivity contribution >= 4 is 39.6 Å². The van der Waals surface area contributed by atoms with Gasteiger partial charge in [-0.15, -0.1) is 11.3 Å². The second-order valence-corrected chi connectivity index (χ2v) is 6.31. The van der Waals surface area contributed by atoms with Crippen LogP contribution in [0.2, 0.25) is 4.34 Å². The molecule has 21 heavy (non-hydrogen) atoms. The first-order valence-corrected chi connectivity index (χ1v) is 7.87. The predicted octanol–water partition coefficient (Wildman–Crippen LogP) is 4.64. The van der Waals surface area contributed by atoms with Crippen molar-refractivity contribution in [3.05, 3.63) is 51.8 Å². The lowest BCUT2D eigenvalue weighted by Gasteiger charge is -2.07. The maximum absolute atomic E-state index is 12.3. The molecule has 0 bridgehead atoms. The Kier molecular flexibility index (Phi) is 3.99. The highest BCUT2D eigenvalue weighted by Crippen LogP contribution is 2.27. The number of carbonyl (C=O) groups excluding carboxylic acids is 1. The van der Waals surface area contributed by atoms with Crippen LogP contribution in [0.15, 0.2) is 42.6 Å². The van der Waals surface area contributed by atoms with Crippen LogP contribution in [0, 0.1) is 0 Å². The summed E-state index contributed by atoms with van der Waals surface area (Å²) < 4.78 is 8.18. The van der Waals surface area contributed by atoms with Crippen LogP contribution < -0.4 is 4.74 Å². The fraction of sp³-hybridized carbons (Fsp3) is 0.188. The van der Waals surface area contributed by atoms with Crippen LogP contribution in [-0.4, -0.2) is 17.0 Å². The second kappa shape index (κ2) is 5.92. The van der Waals surface area contributed by atoms with Gasteiger partial charge in [-0.25, -0.2) is 0 Å². The number of fused-ring (bicyclic) bond motifs is 1. The number of thiophene rings is 1. The van der Waals surface area contributed by atoms with Gasteiger partial charge in [0.15, 0.2) is 5.78 Å². The maximum Gasteiger partial charge on any atom is 0.192 e. The van der Waals surface area contributed by atoms with E-state index in [9.17, 15) is 4.79 Å². The number of halogens is 1.